The summed E-state index contributed by atoms with van der Waals surface area (Å²) in [4.78, 5) is 4.50. The quantitative estimate of drug-likeness (QED) is 0.563. The number of benzene rings is 1. The van der Waals surface area contributed by atoms with Crippen LogP contribution < -0.4 is 10.6 Å². The van der Waals surface area contributed by atoms with Crippen LogP contribution in [0.25, 0.3) is 0 Å². The predicted octanol–water partition coefficient (Wildman–Crippen LogP) is 2.28. The number of hydrogen-bond acceptors (Lipinski definition) is 3. The molecule has 0 aliphatic carbocycles. The third kappa shape index (κ3) is 5.22. The zero-order valence-electron chi connectivity index (χ0n) is 12.2. The topological polar surface area (TPSA) is 69.8 Å². The number of aliphatic imine (C=N–C) groups is 1. The number of nitrogens with zero attached hydrogens (tertiary/aromatic N) is 1. The van der Waals surface area contributed by atoms with E-state index in [1.165, 1.54) is 0 Å². The molecule has 0 atom stereocenters. The average Bonchev–Trinajstić information content (AvgIpc) is 2.98. The lowest BCUT2D eigenvalue weighted by atomic mass is 10.2. The van der Waals surface area contributed by atoms with Crippen molar-refractivity contribution in [1.82, 2.24) is 10.6 Å². The van der Waals surface area contributed by atoms with Crippen molar-refractivity contribution in [2.75, 3.05) is 13.1 Å². The highest BCUT2D eigenvalue weighted by Crippen LogP contribution is 2.11. The Morgan fingerprint density at radius 2 is 2.14 bits per heavy atom. The van der Waals surface area contributed by atoms with Gasteiger partial charge in [0.05, 0.1) is 12.8 Å². The van der Waals surface area contributed by atoms with Crippen LogP contribution in [0.1, 0.15) is 18.2 Å². The summed E-state index contributed by atoms with van der Waals surface area (Å²) in [5.41, 5.74) is 0.971. The Bertz CT molecular complexity index is 565. The molecule has 1 aromatic heterocycles. The maximum atomic E-state index is 9.44. The summed E-state index contributed by atoms with van der Waals surface area (Å²) in [7, 11) is 0. The molecule has 1 aromatic carbocycles. The lowest BCUT2D eigenvalue weighted by Gasteiger charge is -2.10. The second-order valence-corrected chi connectivity index (χ2v) is 4.62. The highest BCUT2D eigenvalue weighted by atomic mass is 16.3. The summed E-state index contributed by atoms with van der Waals surface area (Å²) in [5, 5.41) is 15.9. The minimum Gasteiger partial charge on any atom is -0.508 e. The Hall–Kier alpha value is -2.43. The minimum absolute atomic E-state index is 0.262. The third-order valence-corrected chi connectivity index (χ3v) is 2.92. The van der Waals surface area contributed by atoms with Crippen molar-refractivity contribution in [3.8, 4) is 5.75 Å². The molecule has 0 unspecified atom stereocenters. The Balaban J connectivity index is 1.86. The second kappa shape index (κ2) is 7.99. The standard InChI is InChI=1S/C16H21N3O2/c1-2-17-16(18-9-8-15-7-4-10-21-15)19-12-13-5-3-6-14(20)11-13/h3-7,10-11,20H,2,8-9,12H2,1H3,(H2,17,18,19). The van der Waals surface area contributed by atoms with Crippen LogP contribution in [0.3, 0.4) is 0 Å². The van der Waals surface area contributed by atoms with E-state index in [0.717, 1.165) is 36.8 Å². The summed E-state index contributed by atoms with van der Waals surface area (Å²) in [6, 6.07) is 11.0. The van der Waals surface area contributed by atoms with E-state index in [9.17, 15) is 5.11 Å². The molecule has 112 valence electrons. The molecule has 5 nitrogen and oxygen atoms in total. The fraction of sp³-hybridized carbons (Fsp3) is 0.312. The van der Waals surface area contributed by atoms with Gasteiger partial charge >= 0.3 is 0 Å². The summed E-state index contributed by atoms with van der Waals surface area (Å²) < 4.78 is 5.29. The first kappa shape index (κ1) is 15.0. The van der Waals surface area contributed by atoms with Gasteiger partial charge in [0.2, 0.25) is 0 Å². The largest absolute Gasteiger partial charge is 0.508 e. The van der Waals surface area contributed by atoms with Crippen LogP contribution in [0.5, 0.6) is 5.75 Å². The van der Waals surface area contributed by atoms with Gasteiger partial charge in [0.25, 0.3) is 0 Å². The molecule has 5 heteroatoms. The molecule has 0 fully saturated rings. The lowest BCUT2D eigenvalue weighted by Crippen LogP contribution is -2.38. The van der Waals surface area contributed by atoms with E-state index in [0.29, 0.717) is 6.54 Å². The van der Waals surface area contributed by atoms with Crippen molar-refractivity contribution < 1.29 is 9.52 Å². The van der Waals surface area contributed by atoms with Crippen molar-refractivity contribution in [3.05, 3.63) is 54.0 Å². The van der Waals surface area contributed by atoms with E-state index in [1.807, 2.05) is 31.2 Å². The Morgan fingerprint density at radius 1 is 1.24 bits per heavy atom. The molecule has 0 saturated heterocycles. The van der Waals surface area contributed by atoms with Gasteiger partial charge in [-0.15, -0.1) is 0 Å². The van der Waals surface area contributed by atoms with E-state index in [2.05, 4.69) is 15.6 Å². The second-order valence-electron chi connectivity index (χ2n) is 4.62. The summed E-state index contributed by atoms with van der Waals surface area (Å²) in [6.07, 6.45) is 2.49. The van der Waals surface area contributed by atoms with Gasteiger partial charge in [0.1, 0.15) is 11.5 Å². The van der Waals surface area contributed by atoms with Crippen LogP contribution in [0.15, 0.2) is 52.1 Å². The highest BCUT2D eigenvalue weighted by Gasteiger charge is 2.00. The van der Waals surface area contributed by atoms with Crippen LogP contribution in [0.4, 0.5) is 0 Å². The summed E-state index contributed by atoms with van der Waals surface area (Å²) >= 11 is 0. The number of guanidine groups is 1. The molecule has 0 amide bonds. The van der Waals surface area contributed by atoms with Gasteiger partial charge in [-0.25, -0.2) is 4.99 Å². The number of hydrogen-bond donors (Lipinski definition) is 3. The van der Waals surface area contributed by atoms with Crippen molar-refractivity contribution in [2.24, 2.45) is 4.99 Å². The number of rotatable bonds is 6. The monoisotopic (exact) mass is 287 g/mol. The van der Waals surface area contributed by atoms with Crippen LogP contribution in [0, 0.1) is 0 Å². The predicted molar refractivity (Wildman–Crippen MR) is 83.3 cm³/mol. The van der Waals surface area contributed by atoms with E-state index >= 15 is 0 Å². The number of nitrogens with one attached hydrogen (secondary N) is 2. The van der Waals surface area contributed by atoms with Gasteiger partial charge in [0, 0.05) is 19.5 Å². The molecular formula is C16H21N3O2. The first-order valence-corrected chi connectivity index (χ1v) is 7.10. The maximum absolute atomic E-state index is 9.44. The smallest absolute Gasteiger partial charge is 0.191 e. The zero-order valence-corrected chi connectivity index (χ0v) is 12.2. The van der Waals surface area contributed by atoms with Crippen LogP contribution >= 0.6 is 0 Å². The lowest BCUT2D eigenvalue weighted by molar-refractivity contribution is 0.474. The van der Waals surface area contributed by atoms with Gasteiger partial charge in [0.15, 0.2) is 5.96 Å². The van der Waals surface area contributed by atoms with Gasteiger partial charge in [-0.2, -0.15) is 0 Å². The normalized spacial score (nSPS) is 11.4. The molecule has 0 bridgehead atoms. The summed E-state index contributed by atoms with van der Waals surface area (Å²) in [5.74, 6) is 1.97. The SMILES string of the molecule is CCNC(=NCc1cccc(O)c1)NCCc1ccco1. The highest BCUT2D eigenvalue weighted by molar-refractivity contribution is 5.79. The average molecular weight is 287 g/mol. The first-order valence-electron chi connectivity index (χ1n) is 7.10. The van der Waals surface area contributed by atoms with E-state index < -0.39 is 0 Å². The van der Waals surface area contributed by atoms with Crippen molar-refractivity contribution in [2.45, 2.75) is 19.9 Å². The van der Waals surface area contributed by atoms with Crippen molar-refractivity contribution >= 4 is 5.96 Å². The maximum Gasteiger partial charge on any atom is 0.191 e. The van der Waals surface area contributed by atoms with Crippen LogP contribution in [-0.4, -0.2) is 24.2 Å². The molecule has 3 N–H and O–H groups in total. The molecule has 0 aliphatic heterocycles. The Morgan fingerprint density at radius 3 is 2.86 bits per heavy atom. The molecule has 0 saturated carbocycles. The van der Waals surface area contributed by atoms with Gasteiger partial charge in [-0.1, -0.05) is 12.1 Å². The Kier molecular flexibility index (Phi) is 5.70. The number of phenols is 1. The third-order valence-electron chi connectivity index (χ3n) is 2.92. The molecule has 0 spiro atoms. The molecule has 0 aliphatic rings. The number of aromatic hydroxyl groups is 1. The number of furan rings is 1. The number of phenolic OH excluding ortho intramolecular Hbond substituents is 1. The van der Waals surface area contributed by atoms with Crippen molar-refractivity contribution in [3.63, 3.8) is 0 Å². The minimum atomic E-state index is 0.262. The van der Waals surface area contributed by atoms with Gasteiger partial charge in [-0.05, 0) is 36.8 Å². The van der Waals surface area contributed by atoms with Crippen molar-refractivity contribution in [1.29, 1.82) is 0 Å². The Labute approximate surface area is 124 Å². The van der Waals surface area contributed by atoms with E-state index in [4.69, 9.17) is 4.42 Å². The molecule has 2 aromatic rings. The zero-order chi connectivity index (χ0) is 14.9. The van der Waals surface area contributed by atoms with Gasteiger partial charge in [-0.3, -0.25) is 0 Å². The molecular weight excluding hydrogens is 266 g/mol. The van der Waals surface area contributed by atoms with E-state index in [-0.39, 0.29) is 5.75 Å². The molecule has 21 heavy (non-hydrogen) atoms. The molecule has 1 heterocycles. The van der Waals surface area contributed by atoms with Crippen LogP contribution in [0.2, 0.25) is 0 Å². The van der Waals surface area contributed by atoms with Crippen LogP contribution in [-0.2, 0) is 13.0 Å². The molecule has 0 radical (unpaired) electrons. The fourth-order valence-corrected chi connectivity index (χ4v) is 1.93. The van der Waals surface area contributed by atoms with Gasteiger partial charge < -0.3 is 20.2 Å². The van der Waals surface area contributed by atoms with E-state index in [1.54, 1.807) is 18.4 Å². The first-order chi connectivity index (χ1) is 10.3. The fourth-order valence-electron chi connectivity index (χ4n) is 1.93. The summed E-state index contributed by atoms with van der Waals surface area (Å²) in [6.45, 7) is 4.09. The molecule has 2 rings (SSSR count).